The average Bonchev–Trinajstić information content (AvgIpc) is 3.29. The summed E-state index contributed by atoms with van der Waals surface area (Å²) in [5.41, 5.74) is 1.04. The maximum Gasteiger partial charge on any atom is 0.410 e. The summed E-state index contributed by atoms with van der Waals surface area (Å²) < 4.78 is 44.4. The Kier molecular flexibility index (Phi) is 6.78. The van der Waals surface area contributed by atoms with Crippen LogP contribution in [0.1, 0.15) is 32.9 Å². The fraction of sp³-hybridized carbons (Fsp3) is 0.500. The Morgan fingerprint density at radius 1 is 1.33 bits per heavy atom. The van der Waals surface area contributed by atoms with E-state index in [2.05, 4.69) is 9.71 Å². The number of aromatic nitrogens is 1. The molecule has 1 aliphatic heterocycles. The van der Waals surface area contributed by atoms with Crippen molar-refractivity contribution in [2.24, 2.45) is 0 Å². The highest BCUT2D eigenvalue weighted by molar-refractivity contribution is 7.89. The van der Waals surface area contributed by atoms with E-state index in [1.165, 1.54) is 16.2 Å². The topological polar surface area (TPSA) is 88.6 Å². The van der Waals surface area contributed by atoms with Crippen LogP contribution in [0.4, 0.5) is 9.18 Å². The molecule has 2 aromatic rings. The summed E-state index contributed by atoms with van der Waals surface area (Å²) in [5, 5.41) is 2.74. The number of nitrogens with zero attached hydrogens (tertiary/aromatic N) is 2. The molecule has 1 aromatic heterocycles. The minimum absolute atomic E-state index is 0.314. The SMILES string of the molecule is CC(C)(C)OC(=O)N1CC[C@H](NS(=O)(=O)CF)[C@@H]1Cc1csc(-c2ccccc2)n1. The molecule has 1 aliphatic rings. The van der Waals surface area contributed by atoms with E-state index in [1.54, 1.807) is 20.8 Å². The lowest BCUT2D eigenvalue weighted by Crippen LogP contribution is -2.49. The number of likely N-dealkylation sites (tertiary alicyclic amines) is 1. The van der Waals surface area contributed by atoms with E-state index in [1.807, 2.05) is 35.7 Å². The van der Waals surface area contributed by atoms with E-state index in [9.17, 15) is 17.6 Å². The third-order valence-electron chi connectivity index (χ3n) is 4.64. The maximum atomic E-state index is 12.9. The van der Waals surface area contributed by atoms with Gasteiger partial charge in [-0.3, -0.25) is 0 Å². The van der Waals surface area contributed by atoms with Crippen LogP contribution in [0.25, 0.3) is 10.6 Å². The Bertz CT molecular complexity index is 973. The minimum atomic E-state index is -4.06. The number of amides is 1. The first-order valence-electron chi connectivity index (χ1n) is 9.63. The molecule has 0 saturated carbocycles. The van der Waals surface area contributed by atoms with Gasteiger partial charge >= 0.3 is 6.09 Å². The Morgan fingerprint density at radius 2 is 2.03 bits per heavy atom. The zero-order chi connectivity index (χ0) is 21.9. The van der Waals surface area contributed by atoms with Gasteiger partial charge in [-0.15, -0.1) is 11.3 Å². The number of benzene rings is 1. The second-order valence-electron chi connectivity index (χ2n) is 8.19. The molecule has 10 heteroatoms. The van der Waals surface area contributed by atoms with Crippen molar-refractivity contribution < 1.29 is 22.3 Å². The second kappa shape index (κ2) is 8.99. The van der Waals surface area contributed by atoms with Crippen molar-refractivity contribution >= 4 is 27.5 Å². The molecule has 0 bridgehead atoms. The van der Waals surface area contributed by atoms with E-state index in [0.29, 0.717) is 19.4 Å². The van der Waals surface area contributed by atoms with Crippen LogP contribution in [0.15, 0.2) is 35.7 Å². The summed E-state index contributed by atoms with van der Waals surface area (Å²) in [7, 11) is -4.06. The molecule has 1 saturated heterocycles. The number of hydrogen-bond donors (Lipinski definition) is 1. The lowest BCUT2D eigenvalue weighted by atomic mass is 10.1. The number of halogens is 1. The molecule has 0 radical (unpaired) electrons. The van der Waals surface area contributed by atoms with Crippen molar-refractivity contribution in [1.29, 1.82) is 0 Å². The Morgan fingerprint density at radius 3 is 2.67 bits per heavy atom. The van der Waals surface area contributed by atoms with Crippen molar-refractivity contribution in [2.45, 2.75) is 51.3 Å². The van der Waals surface area contributed by atoms with Gasteiger partial charge in [0.15, 0.2) is 0 Å². The highest BCUT2D eigenvalue weighted by Crippen LogP contribution is 2.28. The largest absolute Gasteiger partial charge is 0.444 e. The maximum absolute atomic E-state index is 12.9. The van der Waals surface area contributed by atoms with Crippen LogP contribution in [-0.2, 0) is 21.2 Å². The van der Waals surface area contributed by atoms with Gasteiger partial charge < -0.3 is 9.64 Å². The van der Waals surface area contributed by atoms with Gasteiger partial charge in [0.1, 0.15) is 10.6 Å². The summed E-state index contributed by atoms with van der Waals surface area (Å²) >= 11 is 1.48. The molecule has 0 spiro atoms. The fourth-order valence-corrected chi connectivity index (χ4v) is 5.02. The predicted octanol–water partition coefficient (Wildman–Crippen LogP) is 3.58. The molecule has 7 nitrogen and oxygen atoms in total. The Hall–Kier alpha value is -2.04. The van der Waals surface area contributed by atoms with Gasteiger partial charge in [0, 0.05) is 30.0 Å². The summed E-state index contributed by atoms with van der Waals surface area (Å²) in [6.07, 6.45) is 0.189. The molecule has 1 amide bonds. The van der Waals surface area contributed by atoms with E-state index < -0.39 is 39.8 Å². The first-order chi connectivity index (χ1) is 14.1. The number of thiazole rings is 1. The first kappa shape index (κ1) is 22.6. The molecule has 1 N–H and O–H groups in total. The summed E-state index contributed by atoms with van der Waals surface area (Å²) in [4.78, 5) is 18.9. The van der Waals surface area contributed by atoms with Crippen LogP contribution >= 0.6 is 11.3 Å². The molecular formula is C20H26FN3O4S2. The van der Waals surface area contributed by atoms with E-state index >= 15 is 0 Å². The van der Waals surface area contributed by atoms with Crippen molar-refractivity contribution in [3.05, 3.63) is 41.4 Å². The number of rotatable bonds is 6. The van der Waals surface area contributed by atoms with Crippen molar-refractivity contribution in [3.63, 3.8) is 0 Å². The van der Waals surface area contributed by atoms with E-state index in [0.717, 1.165) is 16.3 Å². The molecule has 2 atom stereocenters. The molecule has 164 valence electrons. The first-order valence-corrected chi connectivity index (χ1v) is 12.2. The van der Waals surface area contributed by atoms with Gasteiger partial charge in [-0.05, 0) is 27.2 Å². The molecule has 0 aliphatic carbocycles. The molecule has 2 heterocycles. The van der Waals surface area contributed by atoms with Gasteiger partial charge in [0.25, 0.3) is 0 Å². The van der Waals surface area contributed by atoms with E-state index in [4.69, 9.17) is 4.74 Å². The lowest BCUT2D eigenvalue weighted by Gasteiger charge is -2.30. The normalized spacial score (nSPS) is 19.8. The zero-order valence-corrected chi connectivity index (χ0v) is 18.8. The summed E-state index contributed by atoms with van der Waals surface area (Å²) in [5.74, 6) is 0. The molecule has 30 heavy (non-hydrogen) atoms. The highest BCUT2D eigenvalue weighted by atomic mass is 32.2. The number of sulfonamides is 1. The Labute approximate surface area is 180 Å². The zero-order valence-electron chi connectivity index (χ0n) is 17.2. The number of carbonyl (C=O) groups excluding carboxylic acids is 1. The number of alkyl halides is 1. The highest BCUT2D eigenvalue weighted by Gasteiger charge is 2.41. The fourth-order valence-electron chi connectivity index (χ4n) is 3.38. The van der Waals surface area contributed by atoms with Gasteiger partial charge in [-0.2, -0.15) is 0 Å². The van der Waals surface area contributed by atoms with Crippen LogP contribution in [0, 0.1) is 0 Å². The van der Waals surface area contributed by atoms with Gasteiger partial charge in [0.05, 0.1) is 11.7 Å². The molecular weight excluding hydrogens is 429 g/mol. The van der Waals surface area contributed by atoms with Crippen molar-refractivity contribution in [1.82, 2.24) is 14.6 Å². The van der Waals surface area contributed by atoms with Crippen LogP contribution in [0.2, 0.25) is 0 Å². The molecule has 0 unspecified atom stereocenters. The minimum Gasteiger partial charge on any atom is -0.444 e. The number of nitrogens with one attached hydrogen (secondary N) is 1. The molecule has 1 fully saturated rings. The van der Waals surface area contributed by atoms with Crippen LogP contribution in [-0.4, -0.2) is 54.6 Å². The van der Waals surface area contributed by atoms with Crippen molar-refractivity contribution in [2.75, 3.05) is 12.6 Å². The van der Waals surface area contributed by atoms with E-state index in [-0.39, 0.29) is 0 Å². The number of ether oxygens (including phenoxy) is 1. The molecule has 1 aromatic carbocycles. The predicted molar refractivity (Wildman–Crippen MR) is 114 cm³/mol. The summed E-state index contributed by atoms with van der Waals surface area (Å²) in [6, 6.07) is 7.08. The van der Waals surface area contributed by atoms with Gasteiger partial charge in [0.2, 0.25) is 16.0 Å². The van der Waals surface area contributed by atoms with Crippen molar-refractivity contribution in [3.8, 4) is 10.6 Å². The third kappa shape index (κ3) is 5.77. The standard InChI is InChI=1S/C20H26FN3O4S2/c1-20(2,3)28-19(25)24-10-9-16(23-30(26,27)13-21)17(24)11-15-12-29-18(22-15)14-7-5-4-6-8-14/h4-8,12,16-17,23H,9-11,13H2,1-3H3/t16-,17-/m0/s1. The van der Waals surface area contributed by atoms with Crippen LogP contribution < -0.4 is 4.72 Å². The average molecular weight is 456 g/mol. The monoisotopic (exact) mass is 455 g/mol. The smallest absolute Gasteiger partial charge is 0.410 e. The second-order valence-corrected chi connectivity index (χ2v) is 10.7. The number of carbonyl (C=O) groups is 1. The van der Waals surface area contributed by atoms with Gasteiger partial charge in [-0.25, -0.2) is 27.3 Å². The third-order valence-corrected chi connectivity index (χ3v) is 6.53. The van der Waals surface area contributed by atoms with Crippen LogP contribution in [0.5, 0.6) is 0 Å². The quantitative estimate of drug-likeness (QED) is 0.719. The molecule has 3 rings (SSSR count). The van der Waals surface area contributed by atoms with Crippen LogP contribution in [0.3, 0.4) is 0 Å². The lowest BCUT2D eigenvalue weighted by molar-refractivity contribution is 0.0218. The van der Waals surface area contributed by atoms with Gasteiger partial charge in [-0.1, -0.05) is 30.3 Å². The number of hydrogen-bond acceptors (Lipinski definition) is 6. The Balaban J connectivity index is 1.83. The summed E-state index contributed by atoms with van der Waals surface area (Å²) in [6.45, 7) is 5.62.